The standard InChI is InChI=1S/C22H30N4O/c1-4-9-21(27)25-12-8-13-26(15-14-25)22-20(17(2)23-18(3)24-22)16-19-10-6-5-7-11-19/h5-7,10-11H,4,8-9,12-16H2,1-3H3. The van der Waals surface area contributed by atoms with Gasteiger partial charge in [-0.1, -0.05) is 37.3 Å². The van der Waals surface area contributed by atoms with E-state index in [-0.39, 0.29) is 5.91 Å². The molecule has 1 amide bonds. The third-order valence-electron chi connectivity index (χ3n) is 5.14. The molecule has 5 nitrogen and oxygen atoms in total. The lowest BCUT2D eigenvalue weighted by atomic mass is 10.0. The fraction of sp³-hybridized carbons (Fsp3) is 0.500. The van der Waals surface area contributed by atoms with Gasteiger partial charge in [0.15, 0.2) is 0 Å². The maximum atomic E-state index is 12.3. The fourth-order valence-electron chi connectivity index (χ4n) is 3.74. The van der Waals surface area contributed by atoms with Crippen LogP contribution in [0.1, 0.15) is 48.8 Å². The van der Waals surface area contributed by atoms with Gasteiger partial charge in [-0.05, 0) is 32.3 Å². The monoisotopic (exact) mass is 366 g/mol. The first kappa shape index (κ1) is 19.3. The van der Waals surface area contributed by atoms with Crippen molar-refractivity contribution in [3.8, 4) is 0 Å². The minimum Gasteiger partial charge on any atom is -0.354 e. The summed E-state index contributed by atoms with van der Waals surface area (Å²) in [6.45, 7) is 9.45. The largest absolute Gasteiger partial charge is 0.354 e. The molecule has 1 aliphatic heterocycles. The summed E-state index contributed by atoms with van der Waals surface area (Å²) >= 11 is 0. The van der Waals surface area contributed by atoms with E-state index in [2.05, 4.69) is 48.0 Å². The van der Waals surface area contributed by atoms with Crippen LogP contribution in [0.2, 0.25) is 0 Å². The quantitative estimate of drug-likeness (QED) is 0.812. The molecular formula is C22H30N4O. The summed E-state index contributed by atoms with van der Waals surface area (Å²) in [5, 5.41) is 0. The molecule has 0 bridgehead atoms. The van der Waals surface area contributed by atoms with E-state index in [1.165, 1.54) is 11.1 Å². The molecule has 0 spiro atoms. The molecule has 144 valence electrons. The van der Waals surface area contributed by atoms with Crippen molar-refractivity contribution < 1.29 is 4.79 Å². The van der Waals surface area contributed by atoms with Crippen LogP contribution in [0.25, 0.3) is 0 Å². The van der Waals surface area contributed by atoms with Crippen molar-refractivity contribution in [2.45, 2.75) is 46.5 Å². The van der Waals surface area contributed by atoms with Gasteiger partial charge in [0.2, 0.25) is 5.91 Å². The first-order valence-corrected chi connectivity index (χ1v) is 9.99. The van der Waals surface area contributed by atoms with E-state index in [9.17, 15) is 4.79 Å². The zero-order valence-corrected chi connectivity index (χ0v) is 16.7. The van der Waals surface area contributed by atoms with Crippen LogP contribution in [0.5, 0.6) is 0 Å². The zero-order chi connectivity index (χ0) is 19.2. The zero-order valence-electron chi connectivity index (χ0n) is 16.7. The number of aryl methyl sites for hydroxylation is 2. The van der Waals surface area contributed by atoms with E-state index < -0.39 is 0 Å². The number of carbonyl (C=O) groups excluding carboxylic acids is 1. The smallest absolute Gasteiger partial charge is 0.222 e. The number of amides is 1. The third kappa shape index (κ3) is 4.85. The lowest BCUT2D eigenvalue weighted by Gasteiger charge is -2.26. The molecule has 0 unspecified atom stereocenters. The summed E-state index contributed by atoms with van der Waals surface area (Å²) in [5.41, 5.74) is 3.51. The second kappa shape index (κ2) is 8.98. The molecule has 5 heteroatoms. The summed E-state index contributed by atoms with van der Waals surface area (Å²) < 4.78 is 0. The number of hydrogen-bond donors (Lipinski definition) is 0. The Kier molecular flexibility index (Phi) is 6.43. The molecule has 0 N–H and O–H groups in total. The van der Waals surface area contributed by atoms with Gasteiger partial charge < -0.3 is 9.80 Å². The molecular weight excluding hydrogens is 336 g/mol. The van der Waals surface area contributed by atoms with Crippen molar-refractivity contribution in [1.29, 1.82) is 0 Å². The van der Waals surface area contributed by atoms with Crippen molar-refractivity contribution in [3.63, 3.8) is 0 Å². The van der Waals surface area contributed by atoms with Crippen molar-refractivity contribution in [1.82, 2.24) is 14.9 Å². The topological polar surface area (TPSA) is 49.3 Å². The Morgan fingerprint density at radius 1 is 1.04 bits per heavy atom. The van der Waals surface area contributed by atoms with Gasteiger partial charge >= 0.3 is 0 Å². The average molecular weight is 367 g/mol. The molecule has 1 saturated heterocycles. The van der Waals surface area contributed by atoms with Crippen LogP contribution in [-0.4, -0.2) is 47.0 Å². The van der Waals surface area contributed by atoms with Crippen LogP contribution in [0.3, 0.4) is 0 Å². The van der Waals surface area contributed by atoms with Crippen molar-refractivity contribution in [3.05, 3.63) is 53.0 Å². The number of rotatable bonds is 5. The first-order valence-electron chi connectivity index (χ1n) is 9.99. The molecule has 2 aromatic rings. The number of anilines is 1. The predicted octanol–water partition coefficient (Wildman–Crippen LogP) is 3.52. The molecule has 2 heterocycles. The van der Waals surface area contributed by atoms with E-state index in [4.69, 9.17) is 4.98 Å². The molecule has 1 aliphatic rings. The highest BCUT2D eigenvalue weighted by Gasteiger charge is 2.22. The first-order chi connectivity index (χ1) is 13.1. The Labute approximate surface area is 162 Å². The SMILES string of the molecule is CCCC(=O)N1CCCN(c2nc(C)nc(C)c2Cc2ccccc2)CC1. The van der Waals surface area contributed by atoms with E-state index in [1.54, 1.807) is 0 Å². The summed E-state index contributed by atoms with van der Waals surface area (Å²) in [7, 11) is 0. The Balaban J connectivity index is 1.84. The van der Waals surface area contributed by atoms with E-state index >= 15 is 0 Å². The number of nitrogens with zero attached hydrogens (tertiary/aromatic N) is 4. The maximum absolute atomic E-state index is 12.3. The van der Waals surface area contributed by atoms with E-state index in [0.717, 1.165) is 62.8 Å². The average Bonchev–Trinajstić information content (AvgIpc) is 2.91. The maximum Gasteiger partial charge on any atom is 0.222 e. The highest BCUT2D eigenvalue weighted by molar-refractivity contribution is 5.76. The summed E-state index contributed by atoms with van der Waals surface area (Å²) in [6, 6.07) is 10.5. The summed E-state index contributed by atoms with van der Waals surface area (Å²) in [5.74, 6) is 2.12. The van der Waals surface area contributed by atoms with Gasteiger partial charge in [-0.3, -0.25) is 4.79 Å². The lowest BCUT2D eigenvalue weighted by molar-refractivity contribution is -0.131. The van der Waals surface area contributed by atoms with Crippen LogP contribution in [0, 0.1) is 13.8 Å². The number of aromatic nitrogens is 2. The van der Waals surface area contributed by atoms with Gasteiger partial charge in [0, 0.05) is 50.3 Å². The van der Waals surface area contributed by atoms with Crippen LogP contribution in [0.4, 0.5) is 5.82 Å². The Bertz CT molecular complexity index is 775. The van der Waals surface area contributed by atoms with E-state index in [0.29, 0.717) is 6.42 Å². The minimum absolute atomic E-state index is 0.277. The second-order valence-electron chi connectivity index (χ2n) is 7.29. The second-order valence-corrected chi connectivity index (χ2v) is 7.29. The lowest BCUT2D eigenvalue weighted by Crippen LogP contribution is -2.35. The van der Waals surface area contributed by atoms with Crippen LogP contribution < -0.4 is 4.90 Å². The van der Waals surface area contributed by atoms with Crippen molar-refractivity contribution in [2.24, 2.45) is 0 Å². The molecule has 1 aromatic carbocycles. The molecule has 1 aromatic heterocycles. The Hall–Kier alpha value is -2.43. The van der Waals surface area contributed by atoms with Gasteiger partial charge in [0.1, 0.15) is 11.6 Å². The van der Waals surface area contributed by atoms with Crippen molar-refractivity contribution >= 4 is 11.7 Å². The van der Waals surface area contributed by atoms with Crippen LogP contribution in [0.15, 0.2) is 30.3 Å². The normalized spacial score (nSPS) is 14.9. The van der Waals surface area contributed by atoms with Gasteiger partial charge in [-0.2, -0.15) is 0 Å². The molecule has 0 radical (unpaired) electrons. The highest BCUT2D eigenvalue weighted by atomic mass is 16.2. The Morgan fingerprint density at radius 3 is 2.56 bits per heavy atom. The van der Waals surface area contributed by atoms with Gasteiger partial charge in [0.25, 0.3) is 0 Å². The fourth-order valence-corrected chi connectivity index (χ4v) is 3.74. The van der Waals surface area contributed by atoms with Gasteiger partial charge in [-0.15, -0.1) is 0 Å². The van der Waals surface area contributed by atoms with E-state index in [1.807, 2.05) is 17.9 Å². The molecule has 0 atom stereocenters. The molecule has 0 aliphatic carbocycles. The molecule has 3 rings (SSSR count). The molecule has 27 heavy (non-hydrogen) atoms. The third-order valence-corrected chi connectivity index (χ3v) is 5.14. The Morgan fingerprint density at radius 2 is 1.81 bits per heavy atom. The van der Waals surface area contributed by atoms with Crippen LogP contribution >= 0.6 is 0 Å². The highest BCUT2D eigenvalue weighted by Crippen LogP contribution is 2.25. The summed E-state index contributed by atoms with van der Waals surface area (Å²) in [6.07, 6.45) is 3.36. The molecule has 1 fully saturated rings. The number of carbonyl (C=O) groups is 1. The minimum atomic E-state index is 0.277. The number of hydrogen-bond acceptors (Lipinski definition) is 4. The number of benzene rings is 1. The summed E-state index contributed by atoms with van der Waals surface area (Å²) in [4.78, 5) is 26.1. The van der Waals surface area contributed by atoms with Crippen LogP contribution in [-0.2, 0) is 11.2 Å². The van der Waals surface area contributed by atoms with Gasteiger partial charge in [0.05, 0.1) is 0 Å². The predicted molar refractivity (Wildman–Crippen MR) is 109 cm³/mol. The van der Waals surface area contributed by atoms with Crippen molar-refractivity contribution in [2.75, 3.05) is 31.1 Å². The van der Waals surface area contributed by atoms with Gasteiger partial charge in [-0.25, -0.2) is 9.97 Å². The molecule has 0 saturated carbocycles.